The number of aromatic nitrogens is 1. The van der Waals surface area contributed by atoms with E-state index in [0.717, 1.165) is 28.8 Å². The number of para-hydroxylation sites is 1. The van der Waals surface area contributed by atoms with E-state index in [9.17, 15) is 13.2 Å². The number of hydrogen-bond acceptors (Lipinski definition) is 5. The van der Waals surface area contributed by atoms with Crippen LogP contribution in [0.25, 0.3) is 10.9 Å². The zero-order valence-corrected chi connectivity index (χ0v) is 14.8. The van der Waals surface area contributed by atoms with Crippen LogP contribution in [0.3, 0.4) is 0 Å². The first-order valence-corrected chi connectivity index (χ1v) is 10.00. The molecule has 1 aromatic carbocycles. The summed E-state index contributed by atoms with van der Waals surface area (Å²) in [6.07, 6.45) is 4.59. The number of amides is 1. The normalized spacial score (nSPS) is 17.6. The van der Waals surface area contributed by atoms with Crippen molar-refractivity contribution in [2.45, 2.75) is 18.9 Å². The number of carbonyl (C=O) groups excluding carboxylic acids is 1. The highest BCUT2D eigenvalue weighted by Gasteiger charge is 2.24. The molecular weight excluding hydrogens is 342 g/mol. The van der Waals surface area contributed by atoms with Crippen molar-refractivity contribution >= 4 is 32.5 Å². The van der Waals surface area contributed by atoms with Crippen molar-refractivity contribution in [3.8, 4) is 0 Å². The second kappa shape index (κ2) is 7.37. The van der Waals surface area contributed by atoms with Crippen LogP contribution in [0.5, 0.6) is 0 Å². The lowest BCUT2D eigenvalue weighted by Gasteiger charge is -2.23. The molecule has 1 fully saturated rings. The monoisotopic (exact) mass is 363 g/mol. The summed E-state index contributed by atoms with van der Waals surface area (Å²) in [6, 6.07) is 8.89. The largest absolute Gasteiger partial charge is 0.376 e. The number of sulfonamides is 1. The fraction of sp³-hybridized carbons (Fsp3) is 0.412. The van der Waals surface area contributed by atoms with E-state index in [1.165, 1.54) is 0 Å². The number of pyridine rings is 1. The standard InChI is InChI=1S/C17H21N3O4S/c1-25(22,23)20(12-16(21)19-11-14-7-4-10-24-14)15-8-2-5-13-6-3-9-18-17(13)15/h2-3,5-6,8-9,14H,4,7,10-12H2,1H3,(H,19,21). The van der Waals surface area contributed by atoms with Gasteiger partial charge in [-0.15, -0.1) is 0 Å². The van der Waals surface area contributed by atoms with E-state index < -0.39 is 10.0 Å². The van der Waals surface area contributed by atoms with Crippen LogP contribution in [-0.2, 0) is 19.6 Å². The molecule has 0 saturated carbocycles. The lowest BCUT2D eigenvalue weighted by atomic mass is 10.2. The van der Waals surface area contributed by atoms with E-state index in [-0.39, 0.29) is 18.6 Å². The van der Waals surface area contributed by atoms with Crippen molar-refractivity contribution in [1.82, 2.24) is 10.3 Å². The van der Waals surface area contributed by atoms with E-state index in [0.29, 0.717) is 24.4 Å². The Kier molecular flexibility index (Phi) is 5.19. The third-order valence-corrected chi connectivity index (χ3v) is 5.25. The summed E-state index contributed by atoms with van der Waals surface area (Å²) in [5.41, 5.74) is 0.940. The number of hydrogen-bond donors (Lipinski definition) is 1. The van der Waals surface area contributed by atoms with Gasteiger partial charge in [0.05, 0.1) is 23.6 Å². The predicted octanol–water partition coefficient (Wildman–Crippen LogP) is 1.30. The second-order valence-corrected chi connectivity index (χ2v) is 7.97. The fourth-order valence-electron chi connectivity index (χ4n) is 2.89. The molecule has 3 rings (SSSR count). The molecule has 2 aromatic rings. The van der Waals surface area contributed by atoms with Crippen LogP contribution in [0, 0.1) is 0 Å². The first-order valence-electron chi connectivity index (χ1n) is 8.15. The lowest BCUT2D eigenvalue weighted by Crippen LogP contribution is -2.42. The van der Waals surface area contributed by atoms with Gasteiger partial charge in [0.2, 0.25) is 15.9 Å². The van der Waals surface area contributed by atoms with Gasteiger partial charge in [-0.3, -0.25) is 14.1 Å². The van der Waals surface area contributed by atoms with Crippen molar-refractivity contribution in [3.63, 3.8) is 0 Å². The third-order valence-electron chi connectivity index (χ3n) is 4.12. The van der Waals surface area contributed by atoms with Gasteiger partial charge in [0.25, 0.3) is 0 Å². The maximum Gasteiger partial charge on any atom is 0.240 e. The average molecular weight is 363 g/mol. The Morgan fingerprint density at radius 1 is 1.36 bits per heavy atom. The number of benzene rings is 1. The summed E-state index contributed by atoms with van der Waals surface area (Å²) in [5, 5.41) is 3.57. The molecule has 134 valence electrons. The Morgan fingerprint density at radius 2 is 2.16 bits per heavy atom. The van der Waals surface area contributed by atoms with Crippen LogP contribution in [0.15, 0.2) is 36.5 Å². The fourth-order valence-corrected chi connectivity index (χ4v) is 3.75. The van der Waals surface area contributed by atoms with Crippen LogP contribution >= 0.6 is 0 Å². The van der Waals surface area contributed by atoms with Crippen LogP contribution in [-0.4, -0.2) is 51.4 Å². The summed E-state index contributed by atoms with van der Waals surface area (Å²) in [5.74, 6) is -0.367. The maximum atomic E-state index is 12.3. The summed E-state index contributed by atoms with van der Waals surface area (Å²) < 4.78 is 31.1. The number of rotatable bonds is 6. The smallest absolute Gasteiger partial charge is 0.240 e. The molecule has 1 amide bonds. The zero-order chi connectivity index (χ0) is 17.9. The van der Waals surface area contributed by atoms with E-state index in [2.05, 4.69) is 10.3 Å². The Hall–Kier alpha value is -2.19. The number of carbonyl (C=O) groups is 1. The van der Waals surface area contributed by atoms with Crippen LogP contribution in [0.2, 0.25) is 0 Å². The molecule has 1 saturated heterocycles. The quantitative estimate of drug-likeness (QED) is 0.836. The number of nitrogens with zero attached hydrogens (tertiary/aromatic N) is 2. The van der Waals surface area contributed by atoms with Gasteiger partial charge < -0.3 is 10.1 Å². The number of fused-ring (bicyclic) bond motifs is 1. The van der Waals surface area contributed by atoms with Gasteiger partial charge in [0.1, 0.15) is 6.54 Å². The van der Waals surface area contributed by atoms with E-state index >= 15 is 0 Å². The highest BCUT2D eigenvalue weighted by molar-refractivity contribution is 7.92. The van der Waals surface area contributed by atoms with Gasteiger partial charge in [-0.1, -0.05) is 18.2 Å². The summed E-state index contributed by atoms with van der Waals surface area (Å²) in [6.45, 7) is 0.809. The van der Waals surface area contributed by atoms with Gasteiger partial charge in [0.15, 0.2) is 0 Å². The molecule has 1 aliphatic rings. The Morgan fingerprint density at radius 3 is 2.88 bits per heavy atom. The number of anilines is 1. The molecule has 1 atom stereocenters. The predicted molar refractivity (Wildman–Crippen MR) is 95.9 cm³/mol. The molecule has 8 heteroatoms. The molecule has 0 aliphatic carbocycles. The van der Waals surface area contributed by atoms with Crippen LogP contribution in [0.4, 0.5) is 5.69 Å². The lowest BCUT2D eigenvalue weighted by molar-refractivity contribution is -0.120. The Balaban J connectivity index is 1.81. The molecule has 7 nitrogen and oxygen atoms in total. The van der Waals surface area contributed by atoms with Gasteiger partial charge in [-0.25, -0.2) is 8.42 Å². The molecule has 1 aliphatic heterocycles. The highest BCUT2D eigenvalue weighted by atomic mass is 32.2. The number of nitrogens with one attached hydrogen (secondary N) is 1. The van der Waals surface area contributed by atoms with Crippen molar-refractivity contribution in [1.29, 1.82) is 0 Å². The first kappa shape index (κ1) is 17.6. The summed E-state index contributed by atoms with van der Waals surface area (Å²) in [4.78, 5) is 16.5. The minimum absolute atomic E-state index is 0.00913. The second-order valence-electron chi connectivity index (χ2n) is 6.06. The van der Waals surface area contributed by atoms with Gasteiger partial charge in [0, 0.05) is 24.7 Å². The molecule has 0 bridgehead atoms. The van der Waals surface area contributed by atoms with Gasteiger partial charge >= 0.3 is 0 Å². The van der Waals surface area contributed by atoms with Crippen molar-refractivity contribution in [2.75, 3.05) is 30.3 Å². The van der Waals surface area contributed by atoms with Crippen molar-refractivity contribution in [3.05, 3.63) is 36.5 Å². The Bertz CT molecular complexity index is 858. The van der Waals surface area contributed by atoms with Crippen LogP contribution < -0.4 is 9.62 Å². The molecule has 2 heterocycles. The van der Waals surface area contributed by atoms with Crippen molar-refractivity contribution in [2.24, 2.45) is 0 Å². The maximum absolute atomic E-state index is 12.3. The Labute approximate surface area is 147 Å². The van der Waals surface area contributed by atoms with Crippen LogP contribution in [0.1, 0.15) is 12.8 Å². The molecule has 0 radical (unpaired) electrons. The highest BCUT2D eigenvalue weighted by Crippen LogP contribution is 2.26. The molecular formula is C17H21N3O4S. The first-order chi connectivity index (χ1) is 11.9. The topological polar surface area (TPSA) is 88.6 Å². The third kappa shape index (κ3) is 4.26. The van der Waals surface area contributed by atoms with Crippen molar-refractivity contribution < 1.29 is 17.9 Å². The minimum atomic E-state index is -3.64. The molecule has 0 spiro atoms. The molecule has 1 N–H and O–H groups in total. The summed E-state index contributed by atoms with van der Waals surface area (Å²) in [7, 11) is -3.64. The van der Waals surface area contributed by atoms with E-state index in [1.54, 1.807) is 24.4 Å². The van der Waals surface area contributed by atoms with E-state index in [1.807, 2.05) is 12.1 Å². The SMILES string of the molecule is CS(=O)(=O)N(CC(=O)NCC1CCCO1)c1cccc2cccnc12. The molecule has 1 aromatic heterocycles. The minimum Gasteiger partial charge on any atom is -0.376 e. The zero-order valence-electron chi connectivity index (χ0n) is 14.0. The molecule has 1 unspecified atom stereocenters. The van der Waals surface area contributed by atoms with Gasteiger partial charge in [-0.05, 0) is 25.0 Å². The van der Waals surface area contributed by atoms with E-state index in [4.69, 9.17) is 4.74 Å². The number of ether oxygens (including phenoxy) is 1. The average Bonchev–Trinajstić information content (AvgIpc) is 3.10. The van der Waals surface area contributed by atoms with Gasteiger partial charge in [-0.2, -0.15) is 0 Å². The molecule has 25 heavy (non-hydrogen) atoms. The summed E-state index contributed by atoms with van der Waals surface area (Å²) >= 11 is 0.